The summed E-state index contributed by atoms with van der Waals surface area (Å²) in [4.78, 5) is 27.8. The highest BCUT2D eigenvalue weighted by Gasteiger charge is 2.51. The number of benzene rings is 2. The highest BCUT2D eigenvalue weighted by atomic mass is 16.6. The van der Waals surface area contributed by atoms with Crippen LogP contribution in [0.2, 0.25) is 0 Å². The maximum Gasteiger partial charge on any atom is 0.338 e. The number of fused-ring (bicyclic) bond motifs is 2. The molecule has 2 aliphatic heterocycles. The quantitative estimate of drug-likeness (QED) is 0.615. The van der Waals surface area contributed by atoms with Crippen molar-refractivity contribution in [1.29, 1.82) is 0 Å². The molecule has 0 spiro atoms. The largest absolute Gasteiger partial charge is 0.458 e. The van der Waals surface area contributed by atoms with Crippen LogP contribution >= 0.6 is 0 Å². The summed E-state index contributed by atoms with van der Waals surface area (Å²) < 4.78 is 11.4. The fourth-order valence-electron chi connectivity index (χ4n) is 4.30. The van der Waals surface area contributed by atoms with Gasteiger partial charge in [0, 0.05) is 18.5 Å². The molecule has 2 unspecified atom stereocenters. The third-order valence-electron chi connectivity index (χ3n) is 5.72. The molecule has 2 saturated heterocycles. The number of carbonyl (C=O) groups is 2. The number of piperidine rings is 1. The molecule has 2 aliphatic rings. The van der Waals surface area contributed by atoms with E-state index in [1.54, 1.807) is 36.4 Å². The number of hydrogen-bond acceptors (Lipinski definition) is 5. The van der Waals surface area contributed by atoms with Crippen LogP contribution in [0.5, 0.6) is 5.75 Å². The molecule has 5 heteroatoms. The molecule has 0 radical (unpaired) electrons. The summed E-state index contributed by atoms with van der Waals surface area (Å²) in [6.07, 6.45) is 2.10. The lowest BCUT2D eigenvalue weighted by Crippen LogP contribution is -2.54. The number of esters is 2. The van der Waals surface area contributed by atoms with Crippen molar-refractivity contribution in [3.8, 4) is 5.75 Å². The van der Waals surface area contributed by atoms with Crippen molar-refractivity contribution in [3.05, 3.63) is 66.2 Å². The van der Waals surface area contributed by atoms with Gasteiger partial charge in [-0.3, -0.25) is 9.69 Å². The van der Waals surface area contributed by atoms with Gasteiger partial charge in [-0.2, -0.15) is 0 Å². The summed E-state index contributed by atoms with van der Waals surface area (Å²) in [5, 5.41) is 0. The number of rotatable bonds is 4. The molecule has 0 aliphatic carbocycles. The maximum atomic E-state index is 13.0. The molecule has 2 fully saturated rings. The van der Waals surface area contributed by atoms with E-state index in [9.17, 15) is 9.59 Å². The zero-order chi connectivity index (χ0) is 18.8. The van der Waals surface area contributed by atoms with Crippen molar-refractivity contribution < 1.29 is 19.1 Å². The van der Waals surface area contributed by atoms with Crippen molar-refractivity contribution in [2.24, 2.45) is 5.92 Å². The summed E-state index contributed by atoms with van der Waals surface area (Å²) in [6.45, 7) is 0. The molecule has 27 heavy (non-hydrogen) atoms. The van der Waals surface area contributed by atoms with Gasteiger partial charge in [-0.15, -0.1) is 0 Å². The Labute approximate surface area is 158 Å². The minimum absolute atomic E-state index is 0.0357. The number of nitrogens with zero attached hydrogens (tertiary/aromatic N) is 1. The number of para-hydroxylation sites is 1. The standard InChI is InChI=1S/C22H23NO4/c1-23-16-12-13-18(23)20(22(25)26-17-10-6-3-7-11-17)19(14-16)27-21(24)15-8-4-2-5-9-15/h2-11,16,18-20H,12-14H2,1H3/t16-,18?,19+,20?/m1/s1. The Hall–Kier alpha value is -2.66. The Morgan fingerprint density at radius 3 is 2.33 bits per heavy atom. The number of hydrogen-bond donors (Lipinski definition) is 0. The first-order chi connectivity index (χ1) is 13.1. The molecule has 2 aromatic carbocycles. The highest BCUT2D eigenvalue weighted by molar-refractivity contribution is 5.89. The van der Waals surface area contributed by atoms with Gasteiger partial charge in [0.1, 0.15) is 17.8 Å². The topological polar surface area (TPSA) is 55.8 Å². The third kappa shape index (κ3) is 3.60. The Bertz CT molecular complexity index is 808. The van der Waals surface area contributed by atoms with Crippen LogP contribution in [0.3, 0.4) is 0 Å². The number of carbonyl (C=O) groups excluding carboxylic acids is 2. The van der Waals surface area contributed by atoms with Gasteiger partial charge in [0.05, 0.1) is 5.56 Å². The van der Waals surface area contributed by atoms with E-state index >= 15 is 0 Å². The summed E-state index contributed by atoms with van der Waals surface area (Å²) in [6, 6.07) is 18.3. The first-order valence-electron chi connectivity index (χ1n) is 9.38. The molecule has 0 N–H and O–H groups in total. The van der Waals surface area contributed by atoms with Crippen molar-refractivity contribution in [1.82, 2.24) is 4.90 Å². The van der Waals surface area contributed by atoms with Crippen LogP contribution in [0.15, 0.2) is 60.7 Å². The average Bonchev–Trinajstić information content (AvgIpc) is 2.92. The van der Waals surface area contributed by atoms with Gasteiger partial charge in [-0.25, -0.2) is 4.79 Å². The molecule has 0 amide bonds. The Balaban J connectivity index is 1.55. The van der Waals surface area contributed by atoms with E-state index in [1.807, 2.05) is 31.3 Å². The van der Waals surface area contributed by atoms with Crippen molar-refractivity contribution in [2.45, 2.75) is 37.5 Å². The second kappa shape index (κ2) is 7.53. The fraction of sp³-hybridized carbons (Fsp3) is 0.364. The van der Waals surface area contributed by atoms with Crippen LogP contribution in [-0.2, 0) is 9.53 Å². The smallest absolute Gasteiger partial charge is 0.338 e. The van der Waals surface area contributed by atoms with Crippen molar-refractivity contribution >= 4 is 11.9 Å². The fourth-order valence-corrected chi connectivity index (χ4v) is 4.30. The first-order valence-corrected chi connectivity index (χ1v) is 9.38. The van der Waals surface area contributed by atoms with Crippen LogP contribution in [0.4, 0.5) is 0 Å². The second-order valence-corrected chi connectivity index (χ2v) is 7.27. The van der Waals surface area contributed by atoms with Gasteiger partial charge >= 0.3 is 11.9 Å². The molecule has 5 nitrogen and oxygen atoms in total. The van der Waals surface area contributed by atoms with E-state index in [-0.39, 0.29) is 18.0 Å². The molecule has 2 aromatic rings. The van der Waals surface area contributed by atoms with E-state index in [1.165, 1.54) is 0 Å². The van der Waals surface area contributed by atoms with Crippen molar-refractivity contribution in [3.63, 3.8) is 0 Å². The van der Waals surface area contributed by atoms with E-state index in [4.69, 9.17) is 9.47 Å². The minimum atomic E-state index is -0.485. The van der Waals surface area contributed by atoms with E-state index in [0.29, 0.717) is 23.8 Å². The normalized spacial score (nSPS) is 27.1. The SMILES string of the molecule is CN1C2CC[C@@H]1C[C@H](OC(=O)c1ccccc1)C2C(=O)Oc1ccccc1. The Morgan fingerprint density at radius 2 is 1.63 bits per heavy atom. The van der Waals surface area contributed by atoms with Crippen LogP contribution < -0.4 is 4.74 Å². The minimum Gasteiger partial charge on any atom is -0.458 e. The van der Waals surface area contributed by atoms with Gasteiger partial charge < -0.3 is 9.47 Å². The summed E-state index contributed by atoms with van der Waals surface area (Å²) in [5.74, 6) is -0.689. The van der Waals surface area contributed by atoms with Gasteiger partial charge in [0.2, 0.25) is 0 Å². The summed E-state index contributed by atoms with van der Waals surface area (Å²) in [5.41, 5.74) is 0.499. The Kier molecular flexibility index (Phi) is 4.94. The first kappa shape index (κ1) is 17.7. The van der Waals surface area contributed by atoms with Gasteiger partial charge in [0.15, 0.2) is 0 Å². The van der Waals surface area contributed by atoms with Gasteiger partial charge in [0.25, 0.3) is 0 Å². The lowest BCUT2D eigenvalue weighted by molar-refractivity contribution is -0.149. The third-order valence-corrected chi connectivity index (χ3v) is 5.72. The molecular weight excluding hydrogens is 342 g/mol. The van der Waals surface area contributed by atoms with Gasteiger partial charge in [-0.05, 0) is 44.2 Å². The molecule has 140 valence electrons. The number of ether oxygens (including phenoxy) is 2. The maximum absolute atomic E-state index is 13.0. The van der Waals surface area contributed by atoms with Crippen LogP contribution in [-0.4, -0.2) is 42.1 Å². The van der Waals surface area contributed by atoms with E-state index < -0.39 is 12.0 Å². The zero-order valence-electron chi connectivity index (χ0n) is 15.3. The zero-order valence-corrected chi connectivity index (χ0v) is 15.3. The molecule has 0 aromatic heterocycles. The Morgan fingerprint density at radius 1 is 0.963 bits per heavy atom. The lowest BCUT2D eigenvalue weighted by atomic mass is 9.87. The molecule has 2 bridgehead atoms. The van der Waals surface area contributed by atoms with Crippen LogP contribution in [0, 0.1) is 5.92 Å². The molecule has 2 heterocycles. The van der Waals surface area contributed by atoms with Crippen LogP contribution in [0.25, 0.3) is 0 Å². The second-order valence-electron chi connectivity index (χ2n) is 7.27. The molecule has 4 rings (SSSR count). The summed E-state index contributed by atoms with van der Waals surface area (Å²) >= 11 is 0. The van der Waals surface area contributed by atoms with Gasteiger partial charge in [-0.1, -0.05) is 36.4 Å². The highest BCUT2D eigenvalue weighted by Crippen LogP contribution is 2.40. The monoisotopic (exact) mass is 365 g/mol. The lowest BCUT2D eigenvalue weighted by Gasteiger charge is -2.40. The van der Waals surface area contributed by atoms with E-state index in [0.717, 1.165) is 12.8 Å². The average molecular weight is 365 g/mol. The van der Waals surface area contributed by atoms with E-state index in [2.05, 4.69) is 4.90 Å². The van der Waals surface area contributed by atoms with Crippen molar-refractivity contribution in [2.75, 3.05) is 7.05 Å². The molecule has 0 saturated carbocycles. The predicted molar refractivity (Wildman–Crippen MR) is 100 cm³/mol. The molecule has 4 atom stereocenters. The summed E-state index contributed by atoms with van der Waals surface area (Å²) in [7, 11) is 2.04. The molecular formula is C22H23NO4. The predicted octanol–water partition coefficient (Wildman–Crippen LogP) is 3.30. The van der Waals surface area contributed by atoms with Crippen LogP contribution in [0.1, 0.15) is 29.6 Å².